The summed E-state index contributed by atoms with van der Waals surface area (Å²) in [6, 6.07) is 37.1. The Bertz CT molecular complexity index is 2870. The molecular weight excluding hydrogens is 672 g/mol. The van der Waals surface area contributed by atoms with Crippen molar-refractivity contribution in [2.75, 3.05) is 0 Å². The quantitative estimate of drug-likeness (QED) is 0.0504. The fourth-order valence-electron chi connectivity index (χ4n) is 7.48. The molecule has 0 aliphatic rings. The average molecular weight is 701 g/mol. The van der Waals surface area contributed by atoms with E-state index in [1.54, 1.807) is 66.7 Å². The van der Waals surface area contributed by atoms with Crippen LogP contribution in [-0.4, -0.2) is 40.9 Å². The zero-order chi connectivity index (χ0) is 36.7. The van der Waals surface area contributed by atoms with Gasteiger partial charge in [0.15, 0.2) is 23.0 Å². The number of furan rings is 1. The summed E-state index contributed by atoms with van der Waals surface area (Å²) in [4.78, 5) is 0. The second-order valence-corrected chi connectivity index (χ2v) is 12.8. The van der Waals surface area contributed by atoms with E-state index in [4.69, 9.17) is 4.42 Å². The third kappa shape index (κ3) is 4.51. The highest BCUT2D eigenvalue weighted by molar-refractivity contribution is 6.31. The average Bonchev–Trinajstić information content (AvgIpc) is 3.59. The fraction of sp³-hybridized carbons (Fsp3) is 0. The number of rotatable bonds is 4. The van der Waals surface area contributed by atoms with Gasteiger partial charge in [-0.25, -0.2) is 0 Å². The SMILES string of the molecule is Oc1c(O)c(O)c2c(-c3cccc4oc5ccccc5c34)c3c(O)c(O)c(O)c(O)c3c(-c3ccc(-c4ccc(-c5ccccc5)cc4)cc3)c2c1O. The van der Waals surface area contributed by atoms with Gasteiger partial charge in [-0.1, -0.05) is 109 Å². The van der Waals surface area contributed by atoms with Crippen molar-refractivity contribution in [2.24, 2.45) is 0 Å². The van der Waals surface area contributed by atoms with Crippen LogP contribution in [0.4, 0.5) is 0 Å². The highest BCUT2D eigenvalue weighted by Gasteiger charge is 2.33. The van der Waals surface area contributed by atoms with Gasteiger partial charge in [0.2, 0.25) is 23.0 Å². The van der Waals surface area contributed by atoms with Crippen LogP contribution in [0.25, 0.3) is 88.0 Å². The standard InChI is InChI=1S/C44H28O9/c45-37-33-30(25-19-17-24(18-20-25)23-15-13-22(14-16-23)21-7-2-1-3-8-21)34-36(40(48)44(52)42(50)38(34)46)32(35(33)39(47)43(51)41(37)49)27-10-6-12-29-31(27)26-9-4-5-11-28(26)53-29/h1-20,45-52H. The van der Waals surface area contributed by atoms with Crippen LogP contribution in [0.15, 0.2) is 126 Å². The van der Waals surface area contributed by atoms with E-state index in [2.05, 4.69) is 0 Å². The first-order valence-electron chi connectivity index (χ1n) is 16.6. The van der Waals surface area contributed by atoms with Crippen molar-refractivity contribution in [1.82, 2.24) is 0 Å². The molecule has 258 valence electrons. The lowest BCUT2D eigenvalue weighted by molar-refractivity contribution is 0.350. The smallest absolute Gasteiger partial charge is 0.204 e. The van der Waals surface area contributed by atoms with Crippen LogP contribution < -0.4 is 0 Å². The van der Waals surface area contributed by atoms with Crippen LogP contribution in [0.1, 0.15) is 0 Å². The molecule has 8 N–H and O–H groups in total. The summed E-state index contributed by atoms with van der Waals surface area (Å²) in [6.07, 6.45) is 0. The van der Waals surface area contributed by atoms with Crippen LogP contribution in [0, 0.1) is 0 Å². The Balaban J connectivity index is 1.38. The summed E-state index contributed by atoms with van der Waals surface area (Å²) in [5.74, 6) is -7.52. The van der Waals surface area contributed by atoms with E-state index in [1.807, 2.05) is 54.6 Å². The Morgan fingerprint density at radius 1 is 0.283 bits per heavy atom. The molecule has 0 atom stereocenters. The van der Waals surface area contributed by atoms with Crippen LogP contribution in [0.5, 0.6) is 46.0 Å². The number of benzene rings is 8. The summed E-state index contributed by atoms with van der Waals surface area (Å²) in [5, 5.41) is 90.5. The second-order valence-electron chi connectivity index (χ2n) is 12.8. The lowest BCUT2D eigenvalue weighted by Crippen LogP contribution is -1.95. The van der Waals surface area contributed by atoms with Crippen molar-refractivity contribution >= 4 is 43.5 Å². The molecular formula is C44H28O9. The Morgan fingerprint density at radius 3 is 1.19 bits per heavy atom. The first-order valence-corrected chi connectivity index (χ1v) is 16.6. The second kappa shape index (κ2) is 11.5. The van der Waals surface area contributed by atoms with Crippen molar-refractivity contribution in [2.45, 2.75) is 0 Å². The van der Waals surface area contributed by atoms with Gasteiger partial charge in [-0.05, 0) is 45.5 Å². The minimum absolute atomic E-state index is 0.0276. The number of aromatic hydroxyl groups is 8. The first-order chi connectivity index (χ1) is 25.7. The van der Waals surface area contributed by atoms with Gasteiger partial charge in [0.25, 0.3) is 0 Å². The van der Waals surface area contributed by atoms with Gasteiger partial charge in [-0.3, -0.25) is 0 Å². The highest BCUT2D eigenvalue weighted by Crippen LogP contribution is 2.62. The molecule has 9 aromatic rings. The molecule has 0 spiro atoms. The molecule has 0 aliphatic carbocycles. The molecule has 0 saturated heterocycles. The van der Waals surface area contributed by atoms with E-state index in [-0.39, 0.29) is 32.7 Å². The molecule has 0 fully saturated rings. The number of phenols is 8. The van der Waals surface area contributed by atoms with Crippen molar-refractivity contribution in [3.05, 3.63) is 121 Å². The van der Waals surface area contributed by atoms with Gasteiger partial charge in [-0.2, -0.15) is 0 Å². The summed E-state index contributed by atoms with van der Waals surface area (Å²) < 4.78 is 6.10. The predicted molar refractivity (Wildman–Crippen MR) is 204 cm³/mol. The third-order valence-electron chi connectivity index (χ3n) is 9.96. The topological polar surface area (TPSA) is 175 Å². The maximum absolute atomic E-state index is 11.7. The molecule has 53 heavy (non-hydrogen) atoms. The lowest BCUT2D eigenvalue weighted by atomic mass is 9.82. The van der Waals surface area contributed by atoms with Gasteiger partial charge in [0.05, 0.1) is 0 Å². The van der Waals surface area contributed by atoms with E-state index in [0.29, 0.717) is 33.1 Å². The van der Waals surface area contributed by atoms with Crippen LogP contribution in [-0.2, 0) is 0 Å². The summed E-state index contributed by atoms with van der Waals surface area (Å²) in [7, 11) is 0. The first kappa shape index (κ1) is 31.5. The van der Waals surface area contributed by atoms with E-state index >= 15 is 0 Å². The number of phenolic OH excluding ortho intramolecular Hbond substituents is 8. The molecule has 0 saturated carbocycles. The van der Waals surface area contributed by atoms with E-state index in [9.17, 15) is 40.9 Å². The van der Waals surface area contributed by atoms with Gasteiger partial charge < -0.3 is 45.3 Å². The molecule has 1 aromatic heterocycles. The van der Waals surface area contributed by atoms with Gasteiger partial charge in [0.1, 0.15) is 11.2 Å². The Morgan fingerprint density at radius 2 is 0.679 bits per heavy atom. The molecule has 1 heterocycles. The molecule has 0 unspecified atom stereocenters. The maximum atomic E-state index is 11.7. The molecule has 0 aliphatic heterocycles. The predicted octanol–water partition coefficient (Wildman–Crippen LogP) is 10.2. The molecule has 0 amide bonds. The molecule has 8 aromatic carbocycles. The molecule has 9 nitrogen and oxygen atoms in total. The monoisotopic (exact) mass is 700 g/mol. The van der Waals surface area contributed by atoms with Crippen LogP contribution >= 0.6 is 0 Å². The van der Waals surface area contributed by atoms with Gasteiger partial charge in [0, 0.05) is 43.4 Å². The minimum atomic E-state index is -1.04. The summed E-state index contributed by atoms with van der Waals surface area (Å²) in [5.41, 5.74) is 5.33. The van der Waals surface area contributed by atoms with Gasteiger partial charge in [-0.15, -0.1) is 0 Å². The van der Waals surface area contributed by atoms with Crippen molar-refractivity contribution < 1.29 is 45.3 Å². The number of hydrogen-bond donors (Lipinski definition) is 8. The lowest BCUT2D eigenvalue weighted by Gasteiger charge is -2.23. The van der Waals surface area contributed by atoms with Crippen LogP contribution in [0.2, 0.25) is 0 Å². The summed E-state index contributed by atoms with van der Waals surface area (Å²) in [6.45, 7) is 0. The van der Waals surface area contributed by atoms with E-state index in [0.717, 1.165) is 22.3 Å². The number of para-hydroxylation sites is 1. The Hall–Kier alpha value is -7.52. The zero-order valence-electron chi connectivity index (χ0n) is 27.5. The largest absolute Gasteiger partial charge is 0.504 e. The van der Waals surface area contributed by atoms with E-state index in [1.165, 1.54) is 0 Å². The molecule has 0 radical (unpaired) electrons. The fourth-order valence-corrected chi connectivity index (χ4v) is 7.48. The maximum Gasteiger partial charge on any atom is 0.204 e. The van der Waals surface area contributed by atoms with Crippen molar-refractivity contribution in [1.29, 1.82) is 0 Å². The normalized spacial score (nSPS) is 11.6. The third-order valence-corrected chi connectivity index (χ3v) is 9.96. The highest BCUT2D eigenvalue weighted by atomic mass is 16.4. The number of fused-ring (bicyclic) bond motifs is 5. The number of hydrogen-bond acceptors (Lipinski definition) is 9. The Labute approximate surface area is 300 Å². The van der Waals surface area contributed by atoms with Crippen molar-refractivity contribution in [3.8, 4) is 90.5 Å². The Kier molecular flexibility index (Phi) is 6.83. The van der Waals surface area contributed by atoms with Crippen LogP contribution in [0.3, 0.4) is 0 Å². The van der Waals surface area contributed by atoms with E-state index < -0.39 is 46.0 Å². The molecule has 9 heteroatoms. The molecule has 9 rings (SSSR count). The summed E-state index contributed by atoms with van der Waals surface area (Å²) >= 11 is 0. The minimum Gasteiger partial charge on any atom is -0.504 e. The van der Waals surface area contributed by atoms with Crippen molar-refractivity contribution in [3.63, 3.8) is 0 Å². The van der Waals surface area contributed by atoms with Gasteiger partial charge >= 0.3 is 0 Å². The molecule has 0 bridgehead atoms. The zero-order valence-corrected chi connectivity index (χ0v) is 27.5.